The number of hydrogen-bond donors (Lipinski definition) is 1. The molecular formula is C22H23Cl2N3O3. The van der Waals surface area contributed by atoms with Gasteiger partial charge in [0.25, 0.3) is 5.91 Å². The van der Waals surface area contributed by atoms with Gasteiger partial charge in [0.1, 0.15) is 6.17 Å². The van der Waals surface area contributed by atoms with E-state index >= 15 is 0 Å². The molecule has 6 nitrogen and oxygen atoms in total. The number of halogens is 2. The molecule has 1 N–H and O–H groups in total. The van der Waals surface area contributed by atoms with Crippen molar-refractivity contribution in [3.8, 4) is 0 Å². The third kappa shape index (κ3) is 3.94. The molecule has 0 aliphatic carbocycles. The predicted molar refractivity (Wildman–Crippen MR) is 117 cm³/mol. The molecule has 4 rings (SSSR count). The molecule has 30 heavy (non-hydrogen) atoms. The van der Waals surface area contributed by atoms with Crippen molar-refractivity contribution in [2.75, 3.05) is 25.0 Å². The average Bonchev–Trinajstić information content (AvgIpc) is 3.03. The van der Waals surface area contributed by atoms with Gasteiger partial charge in [-0.3, -0.25) is 4.79 Å². The largest absolute Gasteiger partial charge is 0.450 e. The summed E-state index contributed by atoms with van der Waals surface area (Å²) < 4.78 is 5.11. The number of anilines is 1. The zero-order chi connectivity index (χ0) is 21.3. The van der Waals surface area contributed by atoms with E-state index in [1.807, 2.05) is 29.2 Å². The molecule has 0 radical (unpaired) electrons. The van der Waals surface area contributed by atoms with Crippen molar-refractivity contribution < 1.29 is 14.3 Å². The van der Waals surface area contributed by atoms with E-state index < -0.39 is 0 Å². The number of nitrogens with one attached hydrogen (secondary N) is 1. The Labute approximate surface area is 185 Å². The smallest absolute Gasteiger partial charge is 0.409 e. The fraction of sp³-hybridized carbons (Fsp3) is 0.364. The summed E-state index contributed by atoms with van der Waals surface area (Å²) >= 11 is 12.5. The van der Waals surface area contributed by atoms with Gasteiger partial charge in [-0.05, 0) is 44.0 Å². The van der Waals surface area contributed by atoms with Gasteiger partial charge in [-0.25, -0.2) is 4.79 Å². The highest BCUT2D eigenvalue weighted by atomic mass is 35.5. The molecule has 1 unspecified atom stereocenters. The van der Waals surface area contributed by atoms with Gasteiger partial charge in [0.05, 0.1) is 17.3 Å². The quantitative estimate of drug-likeness (QED) is 0.700. The molecule has 2 aromatic carbocycles. The van der Waals surface area contributed by atoms with Crippen LogP contribution in [0.5, 0.6) is 0 Å². The van der Waals surface area contributed by atoms with Crippen LogP contribution >= 0.6 is 23.2 Å². The standard InChI is InChI=1S/C22H23Cl2N3O3/c1-2-30-22(29)26-11-9-15(10-12-26)27-20(16-5-3-4-6-17(16)21(27)28)25-19-13-14(23)7-8-18(19)24/h3-8,13,15,20,25H,2,9-12H2,1H3. The van der Waals surface area contributed by atoms with E-state index in [4.69, 9.17) is 27.9 Å². The van der Waals surface area contributed by atoms with E-state index in [1.54, 1.807) is 30.0 Å². The average molecular weight is 448 g/mol. The zero-order valence-corrected chi connectivity index (χ0v) is 18.1. The number of benzene rings is 2. The monoisotopic (exact) mass is 447 g/mol. The molecule has 2 aromatic rings. The van der Waals surface area contributed by atoms with E-state index in [0.717, 1.165) is 5.56 Å². The second-order valence-corrected chi connectivity index (χ2v) is 8.23. The van der Waals surface area contributed by atoms with Crippen molar-refractivity contribution >= 4 is 40.9 Å². The molecule has 2 aliphatic heterocycles. The first kappa shape index (κ1) is 20.8. The third-order valence-corrected chi connectivity index (χ3v) is 6.17. The van der Waals surface area contributed by atoms with E-state index in [-0.39, 0.29) is 24.2 Å². The van der Waals surface area contributed by atoms with Crippen LogP contribution in [-0.4, -0.2) is 47.5 Å². The number of amides is 2. The Morgan fingerprint density at radius 1 is 1.17 bits per heavy atom. The van der Waals surface area contributed by atoms with Crippen LogP contribution in [0, 0.1) is 0 Å². The summed E-state index contributed by atoms with van der Waals surface area (Å²) in [7, 11) is 0. The van der Waals surface area contributed by atoms with Crippen molar-refractivity contribution in [1.29, 1.82) is 0 Å². The van der Waals surface area contributed by atoms with Crippen LogP contribution in [-0.2, 0) is 4.74 Å². The summed E-state index contributed by atoms with van der Waals surface area (Å²) in [4.78, 5) is 28.9. The number of ether oxygens (including phenoxy) is 1. The summed E-state index contributed by atoms with van der Waals surface area (Å²) in [6.45, 7) is 3.25. The first-order chi connectivity index (χ1) is 14.5. The van der Waals surface area contributed by atoms with Crippen molar-refractivity contribution in [1.82, 2.24) is 9.80 Å². The van der Waals surface area contributed by atoms with Crippen LogP contribution in [0.15, 0.2) is 42.5 Å². The number of rotatable bonds is 4. The molecular weight excluding hydrogens is 425 g/mol. The first-order valence-electron chi connectivity index (χ1n) is 10.0. The van der Waals surface area contributed by atoms with Gasteiger partial charge in [0.15, 0.2) is 0 Å². The van der Waals surface area contributed by atoms with E-state index in [0.29, 0.717) is 53.8 Å². The molecule has 0 aromatic heterocycles. The Kier molecular flexibility index (Phi) is 6.06. The van der Waals surface area contributed by atoms with Crippen LogP contribution in [0.3, 0.4) is 0 Å². The molecule has 0 saturated carbocycles. The Hall–Kier alpha value is -2.44. The van der Waals surface area contributed by atoms with Crippen LogP contribution in [0.1, 0.15) is 41.9 Å². The zero-order valence-electron chi connectivity index (χ0n) is 16.6. The lowest BCUT2D eigenvalue weighted by molar-refractivity contribution is 0.0496. The molecule has 158 valence electrons. The van der Waals surface area contributed by atoms with Crippen molar-refractivity contribution in [3.05, 3.63) is 63.6 Å². The highest BCUT2D eigenvalue weighted by Crippen LogP contribution is 2.39. The molecule has 2 aliphatic rings. The molecule has 1 saturated heterocycles. The number of piperidine rings is 1. The maximum Gasteiger partial charge on any atom is 0.409 e. The Bertz CT molecular complexity index is 960. The minimum Gasteiger partial charge on any atom is -0.450 e. The lowest BCUT2D eigenvalue weighted by atomic mass is 10.0. The first-order valence-corrected chi connectivity index (χ1v) is 10.8. The minimum atomic E-state index is -0.358. The molecule has 0 spiro atoms. The Morgan fingerprint density at radius 3 is 2.63 bits per heavy atom. The van der Waals surface area contributed by atoms with Crippen LogP contribution in [0.4, 0.5) is 10.5 Å². The highest BCUT2D eigenvalue weighted by molar-refractivity contribution is 6.35. The van der Waals surface area contributed by atoms with Crippen molar-refractivity contribution in [3.63, 3.8) is 0 Å². The van der Waals surface area contributed by atoms with E-state index in [1.165, 1.54) is 0 Å². The summed E-state index contributed by atoms with van der Waals surface area (Å²) in [5.41, 5.74) is 2.26. The normalized spacial score (nSPS) is 19.0. The van der Waals surface area contributed by atoms with Gasteiger partial charge in [0, 0.05) is 35.3 Å². The van der Waals surface area contributed by atoms with E-state index in [9.17, 15) is 9.59 Å². The second-order valence-electron chi connectivity index (χ2n) is 7.39. The lowest BCUT2D eigenvalue weighted by Gasteiger charge is -2.39. The minimum absolute atomic E-state index is 0.00830. The number of carbonyl (C=O) groups is 2. The fourth-order valence-electron chi connectivity index (χ4n) is 4.16. The van der Waals surface area contributed by atoms with Crippen molar-refractivity contribution in [2.24, 2.45) is 0 Å². The summed E-state index contributed by atoms with van der Waals surface area (Å²) in [5, 5.41) is 4.52. The Morgan fingerprint density at radius 2 is 1.90 bits per heavy atom. The maximum atomic E-state index is 13.3. The van der Waals surface area contributed by atoms with Gasteiger partial charge in [-0.15, -0.1) is 0 Å². The van der Waals surface area contributed by atoms with Crippen molar-refractivity contribution in [2.45, 2.75) is 32.0 Å². The predicted octanol–water partition coefficient (Wildman–Crippen LogP) is 5.18. The van der Waals surface area contributed by atoms with E-state index in [2.05, 4.69) is 5.32 Å². The Balaban J connectivity index is 1.59. The van der Waals surface area contributed by atoms with Crippen LogP contribution < -0.4 is 5.32 Å². The van der Waals surface area contributed by atoms with Gasteiger partial charge in [-0.2, -0.15) is 0 Å². The van der Waals surface area contributed by atoms with Crippen LogP contribution in [0.2, 0.25) is 10.0 Å². The molecule has 2 heterocycles. The highest BCUT2D eigenvalue weighted by Gasteiger charge is 2.42. The number of fused-ring (bicyclic) bond motifs is 1. The fourth-order valence-corrected chi connectivity index (χ4v) is 4.50. The lowest BCUT2D eigenvalue weighted by Crippen LogP contribution is -2.49. The molecule has 8 heteroatoms. The topological polar surface area (TPSA) is 61.9 Å². The van der Waals surface area contributed by atoms with Gasteiger partial charge >= 0.3 is 6.09 Å². The van der Waals surface area contributed by atoms with Gasteiger partial charge < -0.3 is 19.9 Å². The van der Waals surface area contributed by atoms with Crippen LogP contribution in [0.25, 0.3) is 0 Å². The third-order valence-electron chi connectivity index (χ3n) is 5.60. The number of nitrogens with zero attached hydrogens (tertiary/aromatic N) is 2. The number of hydrogen-bond acceptors (Lipinski definition) is 4. The maximum absolute atomic E-state index is 13.3. The molecule has 1 atom stereocenters. The molecule has 2 amide bonds. The number of carbonyl (C=O) groups excluding carboxylic acids is 2. The van der Waals surface area contributed by atoms with Gasteiger partial charge in [0.2, 0.25) is 0 Å². The summed E-state index contributed by atoms with van der Waals surface area (Å²) in [5.74, 6) is -0.0177. The molecule has 0 bridgehead atoms. The van der Waals surface area contributed by atoms with Gasteiger partial charge in [-0.1, -0.05) is 41.4 Å². The molecule has 1 fully saturated rings. The summed E-state index contributed by atoms with van der Waals surface area (Å²) in [6.07, 6.45) is 0.705. The summed E-state index contributed by atoms with van der Waals surface area (Å²) in [6, 6.07) is 12.8. The second kappa shape index (κ2) is 8.74. The number of likely N-dealkylation sites (tertiary alicyclic amines) is 1. The SMILES string of the molecule is CCOC(=O)N1CCC(N2C(=O)c3ccccc3C2Nc2cc(Cl)ccc2Cl)CC1.